The molecule has 2 rings (SSSR count). The summed E-state index contributed by atoms with van der Waals surface area (Å²) in [5.41, 5.74) is 1.20. The number of pyridine rings is 1. The summed E-state index contributed by atoms with van der Waals surface area (Å²) in [6, 6.07) is 6.68. The molecular formula is C15H26N4. The Morgan fingerprint density at radius 2 is 2.00 bits per heavy atom. The Labute approximate surface area is 116 Å². The Bertz CT molecular complexity index is 344. The third-order valence-corrected chi connectivity index (χ3v) is 3.95. The highest BCUT2D eigenvalue weighted by molar-refractivity contribution is 5.10. The van der Waals surface area contributed by atoms with Crippen molar-refractivity contribution < 1.29 is 0 Å². The SMILES string of the molecule is CCN(CC)CC(c1ccccn1)N1CCNCC1. The molecule has 1 aromatic rings. The van der Waals surface area contributed by atoms with E-state index in [-0.39, 0.29) is 0 Å². The lowest BCUT2D eigenvalue weighted by atomic mass is 10.1. The van der Waals surface area contributed by atoms with Crippen molar-refractivity contribution in [2.24, 2.45) is 0 Å². The van der Waals surface area contributed by atoms with Crippen LogP contribution in [0.2, 0.25) is 0 Å². The van der Waals surface area contributed by atoms with Crippen LogP contribution >= 0.6 is 0 Å². The van der Waals surface area contributed by atoms with Crippen LogP contribution in [0.1, 0.15) is 25.6 Å². The van der Waals surface area contributed by atoms with Gasteiger partial charge in [0.15, 0.2) is 0 Å². The third-order valence-electron chi connectivity index (χ3n) is 3.95. The molecule has 0 amide bonds. The molecule has 19 heavy (non-hydrogen) atoms. The minimum atomic E-state index is 0.420. The second-order valence-corrected chi connectivity index (χ2v) is 5.04. The lowest BCUT2D eigenvalue weighted by Gasteiger charge is -2.37. The van der Waals surface area contributed by atoms with E-state index < -0.39 is 0 Å². The van der Waals surface area contributed by atoms with Crippen LogP contribution in [0.3, 0.4) is 0 Å². The summed E-state index contributed by atoms with van der Waals surface area (Å²) in [6.45, 7) is 12.1. The summed E-state index contributed by atoms with van der Waals surface area (Å²) < 4.78 is 0. The zero-order chi connectivity index (χ0) is 13.5. The number of nitrogens with one attached hydrogen (secondary N) is 1. The summed E-state index contributed by atoms with van der Waals surface area (Å²) in [7, 11) is 0. The number of nitrogens with zero attached hydrogens (tertiary/aromatic N) is 3. The van der Waals surface area contributed by atoms with Gasteiger partial charge in [0.25, 0.3) is 0 Å². The van der Waals surface area contributed by atoms with Gasteiger partial charge in [-0.15, -0.1) is 0 Å². The van der Waals surface area contributed by atoms with Gasteiger partial charge in [0, 0.05) is 38.9 Å². The van der Waals surface area contributed by atoms with Gasteiger partial charge >= 0.3 is 0 Å². The largest absolute Gasteiger partial charge is 0.314 e. The van der Waals surface area contributed by atoms with Gasteiger partial charge in [-0.3, -0.25) is 9.88 Å². The van der Waals surface area contributed by atoms with E-state index in [2.05, 4.69) is 46.1 Å². The van der Waals surface area contributed by atoms with Gasteiger partial charge in [0.05, 0.1) is 11.7 Å². The quantitative estimate of drug-likeness (QED) is 0.839. The van der Waals surface area contributed by atoms with E-state index in [9.17, 15) is 0 Å². The van der Waals surface area contributed by atoms with Gasteiger partial charge < -0.3 is 10.2 Å². The molecular weight excluding hydrogens is 236 g/mol. The van der Waals surface area contributed by atoms with E-state index in [1.165, 1.54) is 5.69 Å². The molecule has 0 aromatic carbocycles. The van der Waals surface area contributed by atoms with Crippen molar-refractivity contribution in [1.29, 1.82) is 0 Å². The molecule has 0 spiro atoms. The molecule has 1 aliphatic heterocycles. The molecule has 2 heterocycles. The van der Waals surface area contributed by atoms with Crippen LogP contribution in [0.25, 0.3) is 0 Å². The molecule has 1 aromatic heterocycles. The number of likely N-dealkylation sites (N-methyl/N-ethyl adjacent to an activating group) is 1. The van der Waals surface area contributed by atoms with Crippen LogP contribution in [0.5, 0.6) is 0 Å². The second kappa shape index (κ2) is 7.58. The van der Waals surface area contributed by atoms with Crippen molar-refractivity contribution in [1.82, 2.24) is 20.1 Å². The van der Waals surface area contributed by atoms with Crippen molar-refractivity contribution in [3.05, 3.63) is 30.1 Å². The van der Waals surface area contributed by atoms with Gasteiger partial charge in [-0.2, -0.15) is 0 Å². The van der Waals surface area contributed by atoms with Gasteiger partial charge in [-0.1, -0.05) is 19.9 Å². The average molecular weight is 262 g/mol. The first-order valence-electron chi connectivity index (χ1n) is 7.43. The van der Waals surface area contributed by atoms with E-state index in [1.807, 2.05) is 12.3 Å². The molecule has 1 atom stereocenters. The maximum atomic E-state index is 4.59. The zero-order valence-electron chi connectivity index (χ0n) is 12.2. The Hall–Kier alpha value is -0.970. The predicted molar refractivity (Wildman–Crippen MR) is 79.2 cm³/mol. The smallest absolute Gasteiger partial charge is 0.0650 e. The van der Waals surface area contributed by atoms with Gasteiger partial charge in [0.2, 0.25) is 0 Å². The summed E-state index contributed by atoms with van der Waals surface area (Å²) in [4.78, 5) is 9.64. The number of piperazine rings is 1. The fraction of sp³-hybridized carbons (Fsp3) is 0.667. The molecule has 1 N–H and O–H groups in total. The van der Waals surface area contributed by atoms with E-state index >= 15 is 0 Å². The number of rotatable bonds is 6. The van der Waals surface area contributed by atoms with Crippen LogP contribution in [-0.2, 0) is 0 Å². The first-order valence-corrected chi connectivity index (χ1v) is 7.43. The fourth-order valence-electron chi connectivity index (χ4n) is 2.69. The maximum Gasteiger partial charge on any atom is 0.0650 e. The highest BCUT2D eigenvalue weighted by Gasteiger charge is 2.24. The van der Waals surface area contributed by atoms with Crippen molar-refractivity contribution in [2.45, 2.75) is 19.9 Å². The molecule has 106 valence electrons. The second-order valence-electron chi connectivity index (χ2n) is 5.04. The van der Waals surface area contributed by atoms with E-state index in [0.717, 1.165) is 45.8 Å². The van der Waals surface area contributed by atoms with Crippen molar-refractivity contribution >= 4 is 0 Å². The van der Waals surface area contributed by atoms with Crippen molar-refractivity contribution in [3.63, 3.8) is 0 Å². The predicted octanol–water partition coefficient (Wildman–Crippen LogP) is 1.37. The first-order chi connectivity index (χ1) is 9.35. The molecule has 0 aliphatic carbocycles. The minimum Gasteiger partial charge on any atom is -0.314 e. The molecule has 4 nitrogen and oxygen atoms in total. The molecule has 4 heteroatoms. The van der Waals surface area contributed by atoms with Gasteiger partial charge in [-0.25, -0.2) is 0 Å². The third kappa shape index (κ3) is 4.00. The Balaban J connectivity index is 2.12. The standard InChI is InChI=1S/C15H26N4/c1-3-18(4-2)13-15(14-7-5-6-8-17-14)19-11-9-16-10-12-19/h5-8,15-16H,3-4,9-13H2,1-2H3. The maximum absolute atomic E-state index is 4.59. The van der Waals surface area contributed by atoms with Gasteiger partial charge in [-0.05, 0) is 25.2 Å². The normalized spacial score (nSPS) is 18.7. The summed E-state index contributed by atoms with van der Waals surface area (Å²) >= 11 is 0. The number of hydrogen-bond acceptors (Lipinski definition) is 4. The summed E-state index contributed by atoms with van der Waals surface area (Å²) in [6.07, 6.45) is 1.91. The zero-order valence-corrected chi connectivity index (χ0v) is 12.2. The summed E-state index contributed by atoms with van der Waals surface area (Å²) in [5, 5.41) is 3.43. The molecule has 1 aliphatic rings. The fourth-order valence-corrected chi connectivity index (χ4v) is 2.69. The molecule has 1 fully saturated rings. The van der Waals surface area contributed by atoms with Crippen LogP contribution in [0.4, 0.5) is 0 Å². The number of hydrogen-bond donors (Lipinski definition) is 1. The Morgan fingerprint density at radius 3 is 2.58 bits per heavy atom. The minimum absolute atomic E-state index is 0.420. The van der Waals surface area contributed by atoms with E-state index in [1.54, 1.807) is 0 Å². The highest BCUT2D eigenvalue weighted by atomic mass is 15.3. The lowest BCUT2D eigenvalue weighted by molar-refractivity contribution is 0.126. The summed E-state index contributed by atoms with van der Waals surface area (Å²) in [5.74, 6) is 0. The van der Waals surface area contributed by atoms with Gasteiger partial charge in [0.1, 0.15) is 0 Å². The van der Waals surface area contributed by atoms with Crippen molar-refractivity contribution in [2.75, 3.05) is 45.8 Å². The molecule has 0 bridgehead atoms. The van der Waals surface area contributed by atoms with Crippen LogP contribution in [0.15, 0.2) is 24.4 Å². The van der Waals surface area contributed by atoms with Crippen LogP contribution in [0, 0.1) is 0 Å². The lowest BCUT2D eigenvalue weighted by Crippen LogP contribution is -2.48. The monoisotopic (exact) mass is 262 g/mol. The highest BCUT2D eigenvalue weighted by Crippen LogP contribution is 2.20. The molecule has 0 radical (unpaired) electrons. The molecule has 1 unspecified atom stereocenters. The topological polar surface area (TPSA) is 31.4 Å². The van der Waals surface area contributed by atoms with Crippen LogP contribution in [-0.4, -0.2) is 60.6 Å². The van der Waals surface area contributed by atoms with Crippen molar-refractivity contribution in [3.8, 4) is 0 Å². The van der Waals surface area contributed by atoms with Crippen LogP contribution < -0.4 is 5.32 Å². The van der Waals surface area contributed by atoms with E-state index in [4.69, 9.17) is 0 Å². The Morgan fingerprint density at radius 1 is 1.26 bits per heavy atom. The molecule has 0 saturated carbocycles. The first kappa shape index (κ1) is 14.4. The average Bonchev–Trinajstić information content (AvgIpc) is 2.50. The van der Waals surface area contributed by atoms with E-state index in [0.29, 0.717) is 6.04 Å². The molecule has 1 saturated heterocycles. The Kier molecular flexibility index (Phi) is 5.76. The number of aromatic nitrogens is 1.